The number of H-pyrrole nitrogens is 1. The first-order valence-electron chi connectivity index (χ1n) is 12.1. The summed E-state index contributed by atoms with van der Waals surface area (Å²) in [5, 5.41) is 4.30. The zero-order valence-corrected chi connectivity index (χ0v) is 20.8. The molecule has 1 aromatic carbocycles. The molecule has 1 saturated heterocycles. The topological polar surface area (TPSA) is 80.5 Å². The van der Waals surface area contributed by atoms with Gasteiger partial charge in [-0.3, -0.25) is 4.57 Å². The minimum atomic E-state index is -0.0267. The van der Waals surface area contributed by atoms with Crippen LogP contribution in [0.25, 0.3) is 27.8 Å². The summed E-state index contributed by atoms with van der Waals surface area (Å²) in [5.41, 5.74) is 5.98. The maximum atomic E-state index is 13.2. The first-order chi connectivity index (χ1) is 16.3. The number of nitrogens with one attached hydrogen (secondary N) is 1. The van der Waals surface area contributed by atoms with Gasteiger partial charge in [0.1, 0.15) is 6.33 Å². The second kappa shape index (κ2) is 8.58. The highest BCUT2D eigenvalue weighted by molar-refractivity contribution is 5.85. The molecule has 1 unspecified atom stereocenters. The molecule has 0 amide bonds. The average molecular weight is 463 g/mol. The fourth-order valence-electron chi connectivity index (χ4n) is 5.39. The van der Waals surface area contributed by atoms with Gasteiger partial charge >= 0.3 is 5.69 Å². The van der Waals surface area contributed by atoms with E-state index in [-0.39, 0.29) is 17.1 Å². The van der Waals surface area contributed by atoms with E-state index in [9.17, 15) is 4.79 Å². The zero-order chi connectivity index (χ0) is 24.0. The standard InChI is InChI=1S/C26H34N6O2/c1-6-17-10-22-21(12-20(17)18-11-23(34-5)24-27-16-28-31(24)13-18)29-25(33)32(22)19-8-7-9-30(14-19)15-26(2,3)4/h10-13,16,19H,6-9,14-15H2,1-5H3,(H,29,33). The van der Waals surface area contributed by atoms with Crippen LogP contribution in [-0.2, 0) is 6.42 Å². The number of imidazole rings is 1. The van der Waals surface area contributed by atoms with Gasteiger partial charge in [0.2, 0.25) is 0 Å². The molecule has 0 saturated carbocycles. The van der Waals surface area contributed by atoms with Crippen molar-refractivity contribution in [3.63, 3.8) is 0 Å². The normalized spacial score (nSPS) is 17.6. The molecule has 4 aromatic rings. The van der Waals surface area contributed by atoms with Crippen molar-refractivity contribution in [1.29, 1.82) is 0 Å². The lowest BCUT2D eigenvalue weighted by Gasteiger charge is -2.37. The number of aromatic nitrogens is 5. The van der Waals surface area contributed by atoms with Gasteiger partial charge in [-0.25, -0.2) is 14.3 Å². The maximum Gasteiger partial charge on any atom is 0.326 e. The van der Waals surface area contributed by atoms with E-state index in [2.05, 4.69) is 59.8 Å². The third kappa shape index (κ3) is 4.11. The molecule has 0 bridgehead atoms. The number of fused-ring (bicyclic) bond motifs is 2. The Hall–Kier alpha value is -3.13. The van der Waals surface area contributed by atoms with Crippen molar-refractivity contribution in [1.82, 2.24) is 29.0 Å². The number of likely N-dealkylation sites (tertiary alicyclic amines) is 1. The number of benzene rings is 1. The Morgan fingerprint density at radius 1 is 1.24 bits per heavy atom. The second-order valence-corrected chi connectivity index (χ2v) is 10.6. The highest BCUT2D eigenvalue weighted by atomic mass is 16.5. The molecule has 1 atom stereocenters. The minimum absolute atomic E-state index is 0.0267. The van der Waals surface area contributed by atoms with Gasteiger partial charge in [0.05, 0.1) is 24.2 Å². The van der Waals surface area contributed by atoms with Crippen molar-refractivity contribution in [3.8, 4) is 16.9 Å². The first-order valence-corrected chi connectivity index (χ1v) is 12.1. The van der Waals surface area contributed by atoms with Gasteiger partial charge in [0.25, 0.3) is 0 Å². The Balaban J connectivity index is 1.58. The van der Waals surface area contributed by atoms with E-state index in [4.69, 9.17) is 4.74 Å². The molecular formula is C26H34N6O2. The van der Waals surface area contributed by atoms with Crippen molar-refractivity contribution < 1.29 is 4.74 Å². The molecule has 8 heteroatoms. The molecule has 8 nitrogen and oxygen atoms in total. The van der Waals surface area contributed by atoms with Crippen molar-refractivity contribution in [2.75, 3.05) is 26.7 Å². The smallest absolute Gasteiger partial charge is 0.326 e. The van der Waals surface area contributed by atoms with Crippen LogP contribution in [0.15, 0.2) is 35.5 Å². The molecule has 1 N–H and O–H groups in total. The Kier molecular flexibility index (Phi) is 5.72. The number of rotatable bonds is 5. The number of aryl methyl sites for hydroxylation is 1. The summed E-state index contributed by atoms with van der Waals surface area (Å²) in [5.74, 6) is 0.671. The Morgan fingerprint density at radius 2 is 2.06 bits per heavy atom. The first kappa shape index (κ1) is 22.7. The largest absolute Gasteiger partial charge is 0.493 e. The van der Waals surface area contributed by atoms with Gasteiger partial charge in [-0.2, -0.15) is 5.10 Å². The fraction of sp³-hybridized carbons (Fsp3) is 0.500. The predicted octanol–water partition coefficient (Wildman–Crippen LogP) is 4.29. The molecule has 0 aliphatic carbocycles. The number of methoxy groups -OCH3 is 1. The SMILES string of the molecule is CCc1cc2c(cc1-c1cc(OC)c3ncnn3c1)[nH]c(=O)n2C1CCCN(CC(C)(C)C)C1. The Bertz CT molecular complexity index is 1390. The maximum absolute atomic E-state index is 13.2. The van der Waals surface area contributed by atoms with Crippen molar-refractivity contribution in [2.24, 2.45) is 5.41 Å². The summed E-state index contributed by atoms with van der Waals surface area (Å²) in [6.45, 7) is 12.0. The van der Waals surface area contributed by atoms with Gasteiger partial charge < -0.3 is 14.6 Å². The molecule has 4 heterocycles. The van der Waals surface area contributed by atoms with Crippen LogP contribution in [0.2, 0.25) is 0 Å². The lowest BCUT2D eigenvalue weighted by atomic mass is 9.94. The molecule has 1 aliphatic rings. The van der Waals surface area contributed by atoms with Crippen LogP contribution in [0.4, 0.5) is 0 Å². The number of aromatic amines is 1. The Morgan fingerprint density at radius 3 is 2.79 bits per heavy atom. The number of hydrogen-bond acceptors (Lipinski definition) is 5. The summed E-state index contributed by atoms with van der Waals surface area (Å²) in [4.78, 5) is 23.1. The minimum Gasteiger partial charge on any atom is -0.493 e. The second-order valence-electron chi connectivity index (χ2n) is 10.6. The lowest BCUT2D eigenvalue weighted by Crippen LogP contribution is -2.42. The number of nitrogens with zero attached hydrogens (tertiary/aromatic N) is 5. The highest BCUT2D eigenvalue weighted by Gasteiger charge is 2.27. The summed E-state index contributed by atoms with van der Waals surface area (Å²) >= 11 is 0. The van der Waals surface area contributed by atoms with Crippen LogP contribution in [0.1, 0.15) is 52.1 Å². The molecular weight excluding hydrogens is 428 g/mol. The third-order valence-electron chi connectivity index (χ3n) is 6.74. The van der Waals surface area contributed by atoms with E-state index >= 15 is 0 Å². The van der Waals surface area contributed by atoms with Gasteiger partial charge in [0, 0.05) is 24.8 Å². The number of pyridine rings is 1. The van der Waals surface area contributed by atoms with Crippen molar-refractivity contribution >= 4 is 16.7 Å². The van der Waals surface area contributed by atoms with Gasteiger partial charge in [0.15, 0.2) is 11.4 Å². The fourth-order valence-corrected chi connectivity index (χ4v) is 5.39. The van der Waals surface area contributed by atoms with Crippen LogP contribution in [-0.4, -0.2) is 55.8 Å². The van der Waals surface area contributed by atoms with E-state index in [1.54, 1.807) is 11.6 Å². The number of piperidine rings is 1. The Labute approximate surface area is 199 Å². The van der Waals surface area contributed by atoms with Crippen LogP contribution in [0, 0.1) is 5.41 Å². The summed E-state index contributed by atoms with van der Waals surface area (Å²) in [6.07, 6.45) is 6.47. The summed E-state index contributed by atoms with van der Waals surface area (Å²) < 4.78 is 9.29. The van der Waals surface area contributed by atoms with Gasteiger partial charge in [-0.1, -0.05) is 27.7 Å². The average Bonchev–Trinajstić information content (AvgIpc) is 3.39. The van der Waals surface area contributed by atoms with Crippen LogP contribution in [0.3, 0.4) is 0 Å². The lowest BCUT2D eigenvalue weighted by molar-refractivity contribution is 0.131. The molecule has 0 radical (unpaired) electrons. The van der Waals surface area contributed by atoms with E-state index in [0.717, 1.165) is 61.1 Å². The molecule has 1 aliphatic heterocycles. The molecule has 3 aromatic heterocycles. The summed E-state index contributed by atoms with van der Waals surface area (Å²) in [6, 6.07) is 6.45. The van der Waals surface area contributed by atoms with E-state index < -0.39 is 0 Å². The number of hydrogen-bond donors (Lipinski definition) is 1. The van der Waals surface area contributed by atoms with E-state index in [0.29, 0.717) is 11.4 Å². The van der Waals surface area contributed by atoms with Crippen LogP contribution >= 0.6 is 0 Å². The van der Waals surface area contributed by atoms with Gasteiger partial charge in [-0.15, -0.1) is 0 Å². The zero-order valence-electron chi connectivity index (χ0n) is 20.8. The summed E-state index contributed by atoms with van der Waals surface area (Å²) in [7, 11) is 1.64. The van der Waals surface area contributed by atoms with E-state index in [1.807, 2.05) is 16.8 Å². The van der Waals surface area contributed by atoms with Crippen LogP contribution < -0.4 is 10.4 Å². The molecule has 0 spiro atoms. The predicted molar refractivity (Wildman–Crippen MR) is 135 cm³/mol. The molecule has 1 fully saturated rings. The van der Waals surface area contributed by atoms with Crippen molar-refractivity contribution in [2.45, 2.75) is 53.0 Å². The quantitative estimate of drug-likeness (QED) is 0.478. The van der Waals surface area contributed by atoms with E-state index in [1.165, 1.54) is 11.9 Å². The monoisotopic (exact) mass is 462 g/mol. The molecule has 180 valence electrons. The van der Waals surface area contributed by atoms with Gasteiger partial charge in [-0.05, 0) is 60.5 Å². The molecule has 34 heavy (non-hydrogen) atoms. The van der Waals surface area contributed by atoms with Crippen molar-refractivity contribution in [3.05, 3.63) is 46.8 Å². The highest BCUT2D eigenvalue weighted by Crippen LogP contribution is 2.33. The molecule has 5 rings (SSSR count). The third-order valence-corrected chi connectivity index (χ3v) is 6.74. The number of ether oxygens (including phenoxy) is 1. The van der Waals surface area contributed by atoms with Crippen LogP contribution in [0.5, 0.6) is 5.75 Å².